The van der Waals surface area contributed by atoms with Crippen LogP contribution in [0.2, 0.25) is 0 Å². The van der Waals surface area contributed by atoms with E-state index in [-0.39, 0.29) is 11.1 Å². The Morgan fingerprint density at radius 1 is 0.700 bits per heavy atom. The van der Waals surface area contributed by atoms with E-state index in [0.29, 0.717) is 0 Å². The van der Waals surface area contributed by atoms with Crippen molar-refractivity contribution in [3.8, 4) is 0 Å². The van der Waals surface area contributed by atoms with Crippen molar-refractivity contribution in [2.24, 2.45) is 0 Å². The van der Waals surface area contributed by atoms with Gasteiger partial charge in [0.15, 0.2) is 0 Å². The highest BCUT2D eigenvalue weighted by molar-refractivity contribution is 5.70. The van der Waals surface area contributed by atoms with E-state index in [1.807, 2.05) is 0 Å². The average Bonchev–Trinajstić information content (AvgIpc) is 3.09. The van der Waals surface area contributed by atoms with Gasteiger partial charge in [-0.1, -0.05) is 64.2 Å². The van der Waals surface area contributed by atoms with Gasteiger partial charge in [0.05, 0.1) is 11.1 Å². The van der Waals surface area contributed by atoms with Gasteiger partial charge in [-0.2, -0.15) is 0 Å². The first-order valence-electron chi connectivity index (χ1n) is 8.02. The molecule has 0 aromatic carbocycles. The van der Waals surface area contributed by atoms with E-state index in [9.17, 15) is 0 Å². The Bertz CT molecular complexity index is 474. The molecule has 0 heterocycles. The van der Waals surface area contributed by atoms with Crippen molar-refractivity contribution in [1.82, 2.24) is 9.80 Å². The normalized spacial score (nSPS) is 33.3. The SMILES string of the molecule is CCN(CC)C12C=CC3=C1C(N(CC)CC)(C=C3)C=C2. The van der Waals surface area contributed by atoms with Crippen LogP contribution in [0.5, 0.6) is 0 Å². The van der Waals surface area contributed by atoms with Gasteiger partial charge in [0.1, 0.15) is 0 Å². The summed E-state index contributed by atoms with van der Waals surface area (Å²) >= 11 is 0. The molecule has 0 aromatic rings. The first-order chi connectivity index (χ1) is 9.68. The third kappa shape index (κ3) is 1.47. The van der Waals surface area contributed by atoms with Crippen molar-refractivity contribution in [3.63, 3.8) is 0 Å². The summed E-state index contributed by atoms with van der Waals surface area (Å²) < 4.78 is 0. The molecule has 0 spiro atoms. The molecule has 0 aromatic heterocycles. The molecule has 2 atom stereocenters. The fraction of sp³-hybridized carbons (Fsp3) is 0.556. The van der Waals surface area contributed by atoms with Crippen LogP contribution in [0.1, 0.15) is 27.7 Å². The van der Waals surface area contributed by atoms with Gasteiger partial charge in [-0.05, 0) is 37.3 Å². The molecule has 3 rings (SSSR count). The lowest BCUT2D eigenvalue weighted by Crippen LogP contribution is -2.52. The molecule has 0 amide bonds. The number of likely N-dealkylation sites (N-methyl/N-ethyl adjacent to an activating group) is 2. The molecule has 3 aliphatic rings. The van der Waals surface area contributed by atoms with Crippen LogP contribution < -0.4 is 0 Å². The summed E-state index contributed by atoms with van der Waals surface area (Å²) in [4.78, 5) is 5.14. The summed E-state index contributed by atoms with van der Waals surface area (Å²) in [6.45, 7) is 13.4. The summed E-state index contributed by atoms with van der Waals surface area (Å²) in [5.41, 5.74) is 3.03. The Hall–Kier alpha value is -1.12. The Kier molecular flexibility index (Phi) is 3.26. The predicted octanol–water partition coefficient (Wildman–Crippen LogP) is 3.15. The number of nitrogens with zero attached hydrogens (tertiary/aromatic N) is 2. The molecule has 0 bridgehead atoms. The quantitative estimate of drug-likeness (QED) is 0.684. The van der Waals surface area contributed by atoms with Crippen LogP contribution in [0.15, 0.2) is 47.6 Å². The maximum absolute atomic E-state index is 2.57. The van der Waals surface area contributed by atoms with Crippen molar-refractivity contribution in [2.45, 2.75) is 38.8 Å². The molecule has 2 nitrogen and oxygen atoms in total. The highest BCUT2D eigenvalue weighted by atomic mass is 15.2. The maximum Gasteiger partial charge on any atom is 0.0829 e. The average molecular weight is 270 g/mol. The lowest BCUT2D eigenvalue weighted by molar-refractivity contribution is 0.180. The minimum Gasteiger partial charge on any atom is -0.288 e. The van der Waals surface area contributed by atoms with Gasteiger partial charge in [0, 0.05) is 0 Å². The zero-order valence-electron chi connectivity index (χ0n) is 13.2. The second kappa shape index (κ2) is 4.71. The number of allylic oxidation sites excluding steroid dienone is 3. The zero-order chi connectivity index (χ0) is 14.4. The Morgan fingerprint density at radius 2 is 1.10 bits per heavy atom. The first-order valence-corrected chi connectivity index (χ1v) is 8.02. The van der Waals surface area contributed by atoms with E-state index in [2.05, 4.69) is 74.0 Å². The van der Waals surface area contributed by atoms with E-state index in [4.69, 9.17) is 0 Å². The topological polar surface area (TPSA) is 6.48 Å². The van der Waals surface area contributed by atoms with Crippen molar-refractivity contribution < 1.29 is 0 Å². The Labute approximate surface area is 123 Å². The van der Waals surface area contributed by atoms with E-state index < -0.39 is 0 Å². The van der Waals surface area contributed by atoms with E-state index in [0.717, 1.165) is 26.2 Å². The lowest BCUT2D eigenvalue weighted by Gasteiger charge is -2.43. The molecular formula is C18H26N2. The third-order valence-corrected chi connectivity index (χ3v) is 5.29. The van der Waals surface area contributed by atoms with Gasteiger partial charge in [-0.15, -0.1) is 0 Å². The molecule has 0 saturated carbocycles. The molecule has 0 saturated heterocycles. The summed E-state index contributed by atoms with van der Waals surface area (Å²) in [6, 6.07) is 0. The summed E-state index contributed by atoms with van der Waals surface area (Å²) in [5, 5.41) is 0. The van der Waals surface area contributed by atoms with Gasteiger partial charge in [-0.3, -0.25) is 9.80 Å². The predicted molar refractivity (Wildman–Crippen MR) is 85.8 cm³/mol. The van der Waals surface area contributed by atoms with Crippen molar-refractivity contribution in [3.05, 3.63) is 47.6 Å². The first kappa shape index (κ1) is 13.8. The highest BCUT2D eigenvalue weighted by Crippen LogP contribution is 2.53. The molecular weight excluding hydrogens is 244 g/mol. The van der Waals surface area contributed by atoms with Crippen LogP contribution in [0.3, 0.4) is 0 Å². The van der Waals surface area contributed by atoms with Crippen LogP contribution in [-0.4, -0.2) is 47.1 Å². The number of hydrogen-bond acceptors (Lipinski definition) is 2. The van der Waals surface area contributed by atoms with Gasteiger partial charge < -0.3 is 0 Å². The Balaban J connectivity index is 2.10. The van der Waals surface area contributed by atoms with Gasteiger partial charge in [-0.25, -0.2) is 0 Å². The second-order valence-electron chi connectivity index (χ2n) is 5.83. The lowest BCUT2D eigenvalue weighted by atomic mass is 9.84. The second-order valence-corrected chi connectivity index (χ2v) is 5.83. The molecule has 2 heteroatoms. The monoisotopic (exact) mass is 270 g/mol. The maximum atomic E-state index is 2.57. The highest BCUT2D eigenvalue weighted by Gasteiger charge is 2.55. The fourth-order valence-corrected chi connectivity index (χ4v) is 4.37. The molecule has 0 aliphatic heterocycles. The van der Waals surface area contributed by atoms with Gasteiger partial charge in [0.2, 0.25) is 0 Å². The summed E-state index contributed by atoms with van der Waals surface area (Å²) in [5.74, 6) is 0. The van der Waals surface area contributed by atoms with Crippen LogP contribution in [0.4, 0.5) is 0 Å². The largest absolute Gasteiger partial charge is 0.288 e. The molecule has 0 N–H and O–H groups in total. The van der Waals surface area contributed by atoms with E-state index in [1.54, 1.807) is 5.57 Å². The van der Waals surface area contributed by atoms with Crippen molar-refractivity contribution >= 4 is 0 Å². The number of rotatable bonds is 6. The van der Waals surface area contributed by atoms with Crippen molar-refractivity contribution in [1.29, 1.82) is 0 Å². The molecule has 108 valence electrons. The minimum atomic E-state index is 0.0188. The standard InChI is InChI=1S/C18H26N2/c1-5-19(6-2)17-11-9-15-10-12-18(14-13-17,16(15)17)20(7-3)8-4/h9-14H,5-8H2,1-4H3. The molecule has 0 radical (unpaired) electrons. The summed E-state index contributed by atoms with van der Waals surface area (Å²) in [7, 11) is 0. The van der Waals surface area contributed by atoms with Crippen LogP contribution in [0.25, 0.3) is 0 Å². The molecule has 0 fully saturated rings. The van der Waals surface area contributed by atoms with Crippen LogP contribution >= 0.6 is 0 Å². The minimum absolute atomic E-state index is 0.0188. The molecule has 20 heavy (non-hydrogen) atoms. The van der Waals surface area contributed by atoms with Gasteiger partial charge >= 0.3 is 0 Å². The van der Waals surface area contributed by atoms with E-state index in [1.165, 1.54) is 5.57 Å². The fourth-order valence-electron chi connectivity index (χ4n) is 4.37. The van der Waals surface area contributed by atoms with E-state index >= 15 is 0 Å². The molecule has 2 unspecified atom stereocenters. The van der Waals surface area contributed by atoms with Crippen molar-refractivity contribution in [2.75, 3.05) is 26.2 Å². The van der Waals surface area contributed by atoms with Gasteiger partial charge in [0.25, 0.3) is 0 Å². The molecule has 3 aliphatic carbocycles. The number of hydrogen-bond donors (Lipinski definition) is 0. The van der Waals surface area contributed by atoms with Crippen LogP contribution in [-0.2, 0) is 0 Å². The third-order valence-electron chi connectivity index (χ3n) is 5.29. The summed E-state index contributed by atoms with van der Waals surface area (Å²) in [6.07, 6.45) is 14.3. The van der Waals surface area contributed by atoms with Crippen LogP contribution in [0, 0.1) is 0 Å². The smallest absolute Gasteiger partial charge is 0.0829 e. The Morgan fingerprint density at radius 3 is 1.45 bits per heavy atom. The zero-order valence-corrected chi connectivity index (χ0v) is 13.2.